The molecule has 0 heterocycles. The third-order valence-electron chi connectivity index (χ3n) is 16.3. The molecular formula is C69H55N. The fourth-order valence-corrected chi connectivity index (χ4v) is 12.7. The van der Waals surface area contributed by atoms with Crippen LogP contribution in [0, 0.1) is 0 Å². The monoisotopic (exact) mass is 897 g/mol. The molecule has 1 nitrogen and oxygen atoms in total. The average Bonchev–Trinajstić information content (AvgIpc) is 3.89. The lowest BCUT2D eigenvalue weighted by molar-refractivity contribution is 0.660. The second-order valence-corrected chi connectivity index (χ2v) is 21.3. The first kappa shape index (κ1) is 42.1. The van der Waals surface area contributed by atoms with Gasteiger partial charge in [-0.2, -0.15) is 0 Å². The van der Waals surface area contributed by atoms with Crippen molar-refractivity contribution >= 4 is 17.1 Å². The number of benzene rings is 10. The summed E-state index contributed by atoms with van der Waals surface area (Å²) in [5.74, 6) is 0. The van der Waals surface area contributed by atoms with Crippen LogP contribution in [0.2, 0.25) is 0 Å². The molecule has 10 aromatic carbocycles. The van der Waals surface area contributed by atoms with Gasteiger partial charge in [-0.25, -0.2) is 0 Å². The van der Waals surface area contributed by atoms with Gasteiger partial charge >= 0.3 is 0 Å². The van der Waals surface area contributed by atoms with Crippen LogP contribution in [-0.4, -0.2) is 0 Å². The molecule has 1 heteroatoms. The maximum absolute atomic E-state index is 2.45. The summed E-state index contributed by atoms with van der Waals surface area (Å²) in [5, 5.41) is 0. The highest BCUT2D eigenvalue weighted by Gasteiger charge is 2.39. The minimum absolute atomic E-state index is 0.0613. The average molecular weight is 898 g/mol. The molecular weight excluding hydrogens is 843 g/mol. The van der Waals surface area contributed by atoms with Crippen molar-refractivity contribution in [1.29, 1.82) is 0 Å². The third-order valence-corrected chi connectivity index (χ3v) is 16.3. The summed E-state index contributed by atoms with van der Waals surface area (Å²) in [6.45, 7) is 14.2. The summed E-state index contributed by atoms with van der Waals surface area (Å²) in [4.78, 5) is 2.45. The lowest BCUT2D eigenvalue weighted by atomic mass is 9.78. The Labute approximate surface area is 413 Å². The lowest BCUT2D eigenvalue weighted by Crippen LogP contribution is -2.16. The maximum atomic E-state index is 2.45. The number of fused-ring (bicyclic) bond motifs is 9. The van der Waals surface area contributed by atoms with Gasteiger partial charge in [-0.05, 0) is 148 Å². The van der Waals surface area contributed by atoms with E-state index in [4.69, 9.17) is 0 Å². The van der Waals surface area contributed by atoms with E-state index in [2.05, 4.69) is 271 Å². The number of hydrogen-bond acceptors (Lipinski definition) is 1. The first-order valence-corrected chi connectivity index (χ1v) is 24.9. The summed E-state index contributed by atoms with van der Waals surface area (Å²) in [7, 11) is 0. The smallest absolute Gasteiger partial charge is 0.0540 e. The maximum Gasteiger partial charge on any atom is 0.0540 e. The zero-order valence-corrected chi connectivity index (χ0v) is 40.8. The first-order valence-electron chi connectivity index (χ1n) is 24.9. The van der Waals surface area contributed by atoms with Gasteiger partial charge in [0.25, 0.3) is 0 Å². The summed E-state index contributed by atoms with van der Waals surface area (Å²) in [5.41, 5.74) is 29.3. The Hall–Kier alpha value is -8.00. The van der Waals surface area contributed by atoms with Crippen molar-refractivity contribution in [3.63, 3.8) is 0 Å². The van der Waals surface area contributed by atoms with Crippen molar-refractivity contribution < 1.29 is 0 Å². The van der Waals surface area contributed by atoms with E-state index in [0.29, 0.717) is 0 Å². The lowest BCUT2D eigenvalue weighted by Gasteiger charge is -2.29. The predicted molar refractivity (Wildman–Crippen MR) is 296 cm³/mol. The van der Waals surface area contributed by atoms with Crippen molar-refractivity contribution in [3.05, 3.63) is 258 Å². The van der Waals surface area contributed by atoms with E-state index in [0.717, 1.165) is 17.1 Å². The number of rotatable bonds is 7. The zero-order chi connectivity index (χ0) is 47.5. The molecule has 3 aliphatic carbocycles. The molecule has 0 bridgehead atoms. The Morgan fingerprint density at radius 1 is 0.243 bits per heavy atom. The van der Waals surface area contributed by atoms with E-state index in [1.165, 1.54) is 111 Å². The van der Waals surface area contributed by atoms with Gasteiger partial charge in [0.2, 0.25) is 0 Å². The Morgan fingerprint density at radius 3 is 1.19 bits per heavy atom. The Morgan fingerprint density at radius 2 is 0.614 bits per heavy atom. The van der Waals surface area contributed by atoms with Gasteiger partial charge in [0.1, 0.15) is 0 Å². The van der Waals surface area contributed by atoms with Crippen LogP contribution >= 0.6 is 0 Å². The Balaban J connectivity index is 0.921. The minimum atomic E-state index is -0.121. The van der Waals surface area contributed by atoms with Crippen molar-refractivity contribution in [2.45, 2.75) is 57.8 Å². The van der Waals surface area contributed by atoms with Crippen LogP contribution in [-0.2, 0) is 16.2 Å². The summed E-state index contributed by atoms with van der Waals surface area (Å²) >= 11 is 0. The molecule has 0 aliphatic heterocycles. The SMILES string of the molecule is CC1(C)c2ccccc2-c2ccc(-c3ccc(N(c4ccc(-c5ccccc5-c5cccc6c5C(C)(C)c5ccccc5-6)cc4)c4ccccc4-c4ccc5c(c4)C(C)(C)c4ccccc4-5)cc3)cc21. The molecule has 0 saturated carbocycles. The van der Waals surface area contributed by atoms with Crippen molar-refractivity contribution in [1.82, 2.24) is 0 Å². The predicted octanol–water partition coefficient (Wildman–Crippen LogP) is 18.7. The van der Waals surface area contributed by atoms with Crippen molar-refractivity contribution in [3.8, 4) is 77.9 Å². The van der Waals surface area contributed by atoms with Crippen LogP contribution in [0.5, 0.6) is 0 Å². The standard InChI is InChI=1S/C69H55N/c1-67(2)60-26-13-9-21-53(60)56-40-34-46(42-63(56)67)44-30-36-48(37-31-44)70(65-29-16-12-19-51(65)47-35-41-57-54-22-10-14-27-61(54)68(3,4)64(57)43-47)49-38-32-45(33-39-49)50-18-7-8-20-52(50)58-24-17-25-59-55-23-11-15-28-62(55)69(5,6)66(58)59/h7-43H,1-6H3. The fraction of sp³-hybridized carbons (Fsp3) is 0.130. The van der Waals surface area contributed by atoms with Gasteiger partial charge in [0, 0.05) is 33.2 Å². The van der Waals surface area contributed by atoms with Gasteiger partial charge in [0.05, 0.1) is 5.69 Å². The zero-order valence-electron chi connectivity index (χ0n) is 40.8. The molecule has 0 radical (unpaired) electrons. The molecule has 336 valence electrons. The largest absolute Gasteiger partial charge is 0.310 e. The number of nitrogens with zero attached hydrogens (tertiary/aromatic N) is 1. The van der Waals surface area contributed by atoms with Crippen molar-refractivity contribution in [2.24, 2.45) is 0 Å². The first-order chi connectivity index (χ1) is 34.0. The Kier molecular flexibility index (Phi) is 9.33. The normalized spacial score (nSPS) is 14.8. The van der Waals surface area contributed by atoms with Crippen LogP contribution in [0.3, 0.4) is 0 Å². The van der Waals surface area contributed by atoms with E-state index >= 15 is 0 Å². The highest BCUT2D eigenvalue weighted by Crippen LogP contribution is 2.55. The van der Waals surface area contributed by atoms with Gasteiger partial charge < -0.3 is 4.90 Å². The van der Waals surface area contributed by atoms with Crippen LogP contribution in [0.25, 0.3) is 77.9 Å². The molecule has 0 saturated heterocycles. The van der Waals surface area contributed by atoms with Crippen LogP contribution in [0.4, 0.5) is 17.1 Å². The van der Waals surface area contributed by atoms with E-state index in [1.807, 2.05) is 0 Å². The Bertz CT molecular complexity index is 3730. The molecule has 0 N–H and O–H groups in total. The van der Waals surface area contributed by atoms with Gasteiger partial charge in [-0.3, -0.25) is 0 Å². The molecule has 3 aliphatic rings. The van der Waals surface area contributed by atoms with E-state index in [9.17, 15) is 0 Å². The quantitative estimate of drug-likeness (QED) is 0.154. The van der Waals surface area contributed by atoms with Gasteiger partial charge in [0.15, 0.2) is 0 Å². The summed E-state index contributed by atoms with van der Waals surface area (Å²) < 4.78 is 0. The van der Waals surface area contributed by atoms with Gasteiger partial charge in [-0.1, -0.05) is 224 Å². The second-order valence-electron chi connectivity index (χ2n) is 21.3. The van der Waals surface area contributed by atoms with Crippen molar-refractivity contribution in [2.75, 3.05) is 4.90 Å². The van der Waals surface area contributed by atoms with Gasteiger partial charge in [-0.15, -0.1) is 0 Å². The summed E-state index contributed by atoms with van der Waals surface area (Å²) in [6, 6.07) is 84.2. The topological polar surface area (TPSA) is 3.24 Å². The highest BCUT2D eigenvalue weighted by atomic mass is 15.1. The summed E-state index contributed by atoms with van der Waals surface area (Å²) in [6.07, 6.45) is 0. The molecule has 0 atom stereocenters. The molecule has 0 aromatic heterocycles. The number of anilines is 3. The minimum Gasteiger partial charge on any atom is -0.310 e. The van der Waals surface area contributed by atoms with E-state index < -0.39 is 0 Å². The molecule has 0 amide bonds. The number of hydrogen-bond donors (Lipinski definition) is 0. The third kappa shape index (κ3) is 6.24. The van der Waals surface area contributed by atoms with E-state index in [-0.39, 0.29) is 16.2 Å². The van der Waals surface area contributed by atoms with Crippen LogP contribution in [0.1, 0.15) is 74.9 Å². The molecule has 0 spiro atoms. The molecule has 70 heavy (non-hydrogen) atoms. The van der Waals surface area contributed by atoms with Crippen LogP contribution < -0.4 is 4.90 Å². The fourth-order valence-electron chi connectivity index (χ4n) is 12.7. The van der Waals surface area contributed by atoms with Crippen LogP contribution in [0.15, 0.2) is 224 Å². The van der Waals surface area contributed by atoms with E-state index in [1.54, 1.807) is 0 Å². The highest BCUT2D eigenvalue weighted by molar-refractivity contribution is 5.95. The number of para-hydroxylation sites is 1. The molecule has 0 fully saturated rings. The second kappa shape index (κ2) is 15.5. The molecule has 13 rings (SSSR count). The molecule has 10 aromatic rings. The molecule has 0 unspecified atom stereocenters.